The van der Waals surface area contributed by atoms with Crippen LogP contribution in [0.25, 0.3) is 10.9 Å². The molecule has 1 saturated carbocycles. The lowest BCUT2D eigenvalue weighted by Gasteiger charge is -2.22. The van der Waals surface area contributed by atoms with Crippen molar-refractivity contribution >= 4 is 16.8 Å². The molecule has 3 N–H and O–H groups in total. The van der Waals surface area contributed by atoms with Crippen molar-refractivity contribution in [1.82, 2.24) is 25.4 Å². The number of carbonyl (C=O) groups is 1. The molecular formula is C27H35N5O3. The number of nitrogens with zero attached hydrogens (tertiary/aromatic N) is 2. The topological polar surface area (TPSA) is 101 Å². The first-order valence-electron chi connectivity index (χ1n) is 12.8. The Morgan fingerprint density at radius 3 is 2.77 bits per heavy atom. The summed E-state index contributed by atoms with van der Waals surface area (Å²) in [5, 5.41) is 12.0. The van der Waals surface area contributed by atoms with E-state index in [2.05, 4.69) is 25.4 Å². The SMILES string of the molecule is Cc1cc(CNCC2CCOCC2)c(CNC(=O)c2cccc3c2cnn3C2CCCC2)c(=O)[nH]1. The van der Waals surface area contributed by atoms with E-state index in [0.29, 0.717) is 29.6 Å². The second kappa shape index (κ2) is 10.7. The van der Waals surface area contributed by atoms with Crippen molar-refractivity contribution in [2.45, 2.75) is 64.6 Å². The maximum absolute atomic E-state index is 13.2. The Morgan fingerprint density at radius 2 is 1.97 bits per heavy atom. The molecule has 0 radical (unpaired) electrons. The van der Waals surface area contributed by atoms with Gasteiger partial charge in [0.05, 0.1) is 23.3 Å². The molecular weight excluding hydrogens is 442 g/mol. The molecule has 2 aromatic heterocycles. The van der Waals surface area contributed by atoms with Gasteiger partial charge >= 0.3 is 0 Å². The summed E-state index contributed by atoms with van der Waals surface area (Å²) in [5.74, 6) is 0.406. The zero-order valence-electron chi connectivity index (χ0n) is 20.4. The Hall–Kier alpha value is -2.97. The van der Waals surface area contributed by atoms with E-state index in [0.717, 1.165) is 67.6 Å². The van der Waals surface area contributed by atoms with Crippen molar-refractivity contribution in [1.29, 1.82) is 0 Å². The number of fused-ring (bicyclic) bond motifs is 1. The molecule has 35 heavy (non-hydrogen) atoms. The molecule has 5 rings (SSSR count). The summed E-state index contributed by atoms with van der Waals surface area (Å²) in [6.07, 6.45) is 8.64. The van der Waals surface area contributed by atoms with Gasteiger partial charge in [0.15, 0.2) is 0 Å². The smallest absolute Gasteiger partial charge is 0.253 e. The zero-order chi connectivity index (χ0) is 24.2. The average molecular weight is 478 g/mol. The fourth-order valence-corrected chi connectivity index (χ4v) is 5.47. The van der Waals surface area contributed by atoms with E-state index in [1.54, 1.807) is 6.20 Å². The van der Waals surface area contributed by atoms with Gasteiger partial charge in [0, 0.05) is 42.9 Å². The van der Waals surface area contributed by atoms with Crippen LogP contribution < -0.4 is 16.2 Å². The lowest BCUT2D eigenvalue weighted by Crippen LogP contribution is -2.31. The molecule has 186 valence electrons. The molecule has 2 aliphatic rings. The minimum absolute atomic E-state index is 0.152. The molecule has 0 bridgehead atoms. The highest BCUT2D eigenvalue weighted by molar-refractivity contribution is 6.06. The number of aromatic nitrogens is 3. The summed E-state index contributed by atoms with van der Waals surface area (Å²) in [5.41, 5.74) is 3.77. The molecule has 8 heteroatoms. The summed E-state index contributed by atoms with van der Waals surface area (Å²) in [6.45, 7) is 5.19. The second-order valence-corrected chi connectivity index (χ2v) is 9.92. The van der Waals surface area contributed by atoms with Crippen molar-refractivity contribution in [3.63, 3.8) is 0 Å². The van der Waals surface area contributed by atoms with Gasteiger partial charge in [0.2, 0.25) is 0 Å². The van der Waals surface area contributed by atoms with Gasteiger partial charge in [-0.15, -0.1) is 0 Å². The predicted octanol–water partition coefficient (Wildman–Crippen LogP) is 3.59. The van der Waals surface area contributed by atoms with Crippen LogP contribution in [0.2, 0.25) is 0 Å². The average Bonchev–Trinajstić information content (AvgIpc) is 3.53. The van der Waals surface area contributed by atoms with E-state index in [1.165, 1.54) is 12.8 Å². The molecule has 1 aliphatic carbocycles. The van der Waals surface area contributed by atoms with E-state index < -0.39 is 0 Å². The normalized spacial score (nSPS) is 17.3. The summed E-state index contributed by atoms with van der Waals surface area (Å²) in [6, 6.07) is 8.17. The van der Waals surface area contributed by atoms with Gasteiger partial charge in [-0.1, -0.05) is 18.9 Å². The Balaban J connectivity index is 1.29. The van der Waals surface area contributed by atoms with E-state index in [-0.39, 0.29) is 18.0 Å². The Bertz CT molecular complexity index is 1240. The summed E-state index contributed by atoms with van der Waals surface area (Å²) < 4.78 is 7.52. The molecule has 3 heterocycles. The van der Waals surface area contributed by atoms with Crippen molar-refractivity contribution in [3.8, 4) is 0 Å². The number of pyridine rings is 1. The van der Waals surface area contributed by atoms with Crippen LogP contribution in [-0.2, 0) is 17.8 Å². The van der Waals surface area contributed by atoms with Crippen molar-refractivity contribution in [2.24, 2.45) is 5.92 Å². The Kier molecular flexibility index (Phi) is 7.29. The van der Waals surface area contributed by atoms with Crippen LogP contribution >= 0.6 is 0 Å². The van der Waals surface area contributed by atoms with Crippen molar-refractivity contribution in [3.05, 3.63) is 63.2 Å². The molecule has 1 amide bonds. The molecule has 3 aromatic rings. The third-order valence-electron chi connectivity index (χ3n) is 7.43. The lowest BCUT2D eigenvalue weighted by atomic mass is 10.00. The van der Waals surface area contributed by atoms with Crippen molar-refractivity contribution < 1.29 is 9.53 Å². The van der Waals surface area contributed by atoms with Crippen LogP contribution in [0.3, 0.4) is 0 Å². The van der Waals surface area contributed by atoms with Crippen LogP contribution in [0.4, 0.5) is 0 Å². The van der Waals surface area contributed by atoms with Crippen LogP contribution in [0.1, 0.15) is 71.7 Å². The number of rotatable bonds is 8. The molecule has 1 aromatic carbocycles. The number of nitrogens with one attached hydrogen (secondary N) is 3. The van der Waals surface area contributed by atoms with E-state index in [1.807, 2.05) is 31.2 Å². The largest absolute Gasteiger partial charge is 0.381 e. The van der Waals surface area contributed by atoms with Gasteiger partial charge < -0.3 is 20.4 Å². The van der Waals surface area contributed by atoms with E-state index >= 15 is 0 Å². The number of benzene rings is 1. The number of hydrogen-bond acceptors (Lipinski definition) is 5. The number of aryl methyl sites for hydroxylation is 1. The van der Waals surface area contributed by atoms with Gasteiger partial charge in [-0.05, 0) is 68.8 Å². The van der Waals surface area contributed by atoms with Crippen LogP contribution in [0, 0.1) is 12.8 Å². The van der Waals surface area contributed by atoms with Crippen molar-refractivity contribution in [2.75, 3.05) is 19.8 Å². The van der Waals surface area contributed by atoms with Gasteiger partial charge in [-0.25, -0.2) is 0 Å². The summed E-state index contributed by atoms with van der Waals surface area (Å²) >= 11 is 0. The highest BCUT2D eigenvalue weighted by Gasteiger charge is 2.21. The minimum Gasteiger partial charge on any atom is -0.381 e. The fourth-order valence-electron chi connectivity index (χ4n) is 5.47. The van der Waals surface area contributed by atoms with Gasteiger partial charge in [-0.3, -0.25) is 14.3 Å². The maximum Gasteiger partial charge on any atom is 0.253 e. The molecule has 8 nitrogen and oxygen atoms in total. The van der Waals surface area contributed by atoms with E-state index in [4.69, 9.17) is 4.74 Å². The number of H-pyrrole nitrogens is 1. The first kappa shape index (κ1) is 23.8. The third-order valence-corrected chi connectivity index (χ3v) is 7.43. The lowest BCUT2D eigenvalue weighted by molar-refractivity contribution is 0.0662. The zero-order valence-corrected chi connectivity index (χ0v) is 20.4. The van der Waals surface area contributed by atoms with Crippen LogP contribution in [0.15, 0.2) is 35.3 Å². The number of amides is 1. The molecule has 1 saturated heterocycles. The first-order valence-corrected chi connectivity index (χ1v) is 12.8. The van der Waals surface area contributed by atoms with Gasteiger partial charge in [-0.2, -0.15) is 5.10 Å². The molecule has 0 atom stereocenters. The quantitative estimate of drug-likeness (QED) is 0.460. The van der Waals surface area contributed by atoms with Gasteiger partial charge in [0.25, 0.3) is 11.5 Å². The maximum atomic E-state index is 13.2. The fraction of sp³-hybridized carbons (Fsp3) is 0.519. The first-order chi connectivity index (χ1) is 17.1. The number of carbonyl (C=O) groups excluding carboxylic acids is 1. The highest BCUT2D eigenvalue weighted by Crippen LogP contribution is 2.32. The number of hydrogen-bond donors (Lipinski definition) is 3. The minimum atomic E-state index is -0.192. The highest BCUT2D eigenvalue weighted by atomic mass is 16.5. The third kappa shape index (κ3) is 5.33. The molecule has 0 spiro atoms. The second-order valence-electron chi connectivity index (χ2n) is 9.92. The predicted molar refractivity (Wildman–Crippen MR) is 135 cm³/mol. The number of aromatic amines is 1. The molecule has 2 fully saturated rings. The standard InChI is InChI=1S/C27H35N5O3/c1-18-13-20(15-28-14-19-9-11-35-12-10-19)23(27(34)31-18)16-29-26(33)22-7-4-8-25-24(22)17-30-32(25)21-5-2-3-6-21/h4,7-8,13,17,19,21,28H,2-3,5-6,9-12,14-16H2,1H3,(H,29,33)(H,31,34). The monoisotopic (exact) mass is 477 g/mol. The summed E-state index contributed by atoms with van der Waals surface area (Å²) in [4.78, 5) is 28.8. The molecule has 0 unspecified atom stereocenters. The van der Waals surface area contributed by atoms with E-state index in [9.17, 15) is 9.59 Å². The molecule has 1 aliphatic heterocycles. The van der Waals surface area contributed by atoms with Crippen LogP contribution in [0.5, 0.6) is 0 Å². The number of ether oxygens (including phenoxy) is 1. The summed E-state index contributed by atoms with van der Waals surface area (Å²) in [7, 11) is 0. The Morgan fingerprint density at radius 1 is 1.17 bits per heavy atom. The Labute approximate surface area is 205 Å². The van der Waals surface area contributed by atoms with Gasteiger partial charge in [0.1, 0.15) is 0 Å². The van der Waals surface area contributed by atoms with Crippen LogP contribution in [-0.4, -0.2) is 40.4 Å².